The van der Waals surface area contributed by atoms with Crippen LogP contribution in [0.1, 0.15) is 17.9 Å². The maximum absolute atomic E-state index is 5.86. The van der Waals surface area contributed by atoms with Crippen molar-refractivity contribution in [3.63, 3.8) is 0 Å². The first-order chi connectivity index (χ1) is 6.24. The van der Waals surface area contributed by atoms with Crippen LogP contribution >= 0.6 is 11.6 Å². The molecule has 0 saturated carbocycles. The van der Waals surface area contributed by atoms with E-state index in [4.69, 9.17) is 16.3 Å². The molecule has 2 heteroatoms. The topological polar surface area (TPSA) is 9.23 Å². The molecule has 0 fully saturated rings. The molecule has 0 aliphatic heterocycles. The second-order valence-corrected chi connectivity index (χ2v) is 3.47. The minimum Gasteiger partial charge on any atom is -0.385 e. The van der Waals surface area contributed by atoms with E-state index in [1.54, 1.807) is 7.11 Å². The van der Waals surface area contributed by atoms with E-state index in [-0.39, 0.29) is 5.92 Å². The molecule has 1 radical (unpaired) electrons. The molecule has 0 saturated heterocycles. The molecule has 13 heavy (non-hydrogen) atoms. The van der Waals surface area contributed by atoms with Crippen LogP contribution in [-0.4, -0.2) is 13.7 Å². The molecule has 0 N–H and O–H groups in total. The Morgan fingerprint density at radius 2 is 2.31 bits per heavy atom. The third-order valence-electron chi connectivity index (χ3n) is 1.99. The van der Waals surface area contributed by atoms with E-state index >= 15 is 0 Å². The maximum Gasteiger partial charge on any atom is 0.0468 e. The van der Waals surface area contributed by atoms with E-state index < -0.39 is 0 Å². The van der Waals surface area contributed by atoms with Crippen molar-refractivity contribution in [2.45, 2.75) is 12.3 Å². The number of hydrogen-bond donors (Lipinski definition) is 0. The fraction of sp³-hybridized carbons (Fsp3) is 0.364. The Balaban J connectivity index is 2.60. The first kappa shape index (κ1) is 10.6. The van der Waals surface area contributed by atoms with Crippen LogP contribution in [0.2, 0.25) is 5.02 Å². The summed E-state index contributed by atoms with van der Waals surface area (Å²) in [6.45, 7) is 4.79. The summed E-state index contributed by atoms with van der Waals surface area (Å²) in [5.74, 6) is 0.263. The molecule has 0 bridgehead atoms. The summed E-state index contributed by atoms with van der Waals surface area (Å²) < 4.78 is 4.99. The van der Waals surface area contributed by atoms with E-state index in [0.717, 1.165) is 18.1 Å². The number of methoxy groups -OCH3 is 1. The molecule has 0 amide bonds. The van der Waals surface area contributed by atoms with Gasteiger partial charge in [-0.25, -0.2) is 0 Å². The van der Waals surface area contributed by atoms with Gasteiger partial charge in [-0.05, 0) is 37.0 Å². The second kappa shape index (κ2) is 5.25. The second-order valence-electron chi connectivity index (χ2n) is 3.03. The van der Waals surface area contributed by atoms with Gasteiger partial charge in [-0.15, -0.1) is 0 Å². The quantitative estimate of drug-likeness (QED) is 0.720. The first-order valence-electron chi connectivity index (χ1n) is 4.31. The summed E-state index contributed by atoms with van der Waals surface area (Å²) in [4.78, 5) is 0. The van der Waals surface area contributed by atoms with E-state index in [1.165, 1.54) is 5.56 Å². The number of rotatable bonds is 4. The molecule has 0 aliphatic carbocycles. The van der Waals surface area contributed by atoms with Crippen LogP contribution in [0.5, 0.6) is 0 Å². The molecule has 1 aromatic rings. The van der Waals surface area contributed by atoms with Crippen molar-refractivity contribution in [1.82, 2.24) is 0 Å². The fourth-order valence-corrected chi connectivity index (χ4v) is 1.39. The minimum absolute atomic E-state index is 0.263. The zero-order valence-electron chi connectivity index (χ0n) is 7.79. The molecular formula is C11H14ClO. The molecule has 0 heterocycles. The zero-order chi connectivity index (χ0) is 9.68. The van der Waals surface area contributed by atoms with E-state index in [2.05, 4.69) is 6.92 Å². The highest BCUT2D eigenvalue weighted by atomic mass is 35.5. The third-order valence-corrected chi connectivity index (χ3v) is 2.23. The summed E-state index contributed by atoms with van der Waals surface area (Å²) in [7, 11) is 1.70. The molecule has 0 aromatic heterocycles. The number of ether oxygens (including phenoxy) is 1. The summed E-state index contributed by atoms with van der Waals surface area (Å²) in [5.41, 5.74) is 1.17. The zero-order valence-corrected chi connectivity index (χ0v) is 8.55. The highest BCUT2D eigenvalue weighted by Gasteiger charge is 2.04. The summed E-state index contributed by atoms with van der Waals surface area (Å²) in [6, 6.07) is 7.81. The lowest BCUT2D eigenvalue weighted by atomic mass is 9.98. The lowest BCUT2D eigenvalue weighted by Gasteiger charge is -2.10. The lowest BCUT2D eigenvalue weighted by molar-refractivity contribution is 0.191. The highest BCUT2D eigenvalue weighted by molar-refractivity contribution is 6.30. The van der Waals surface area contributed by atoms with Crippen LogP contribution in [0.15, 0.2) is 24.3 Å². The van der Waals surface area contributed by atoms with Crippen molar-refractivity contribution in [1.29, 1.82) is 0 Å². The minimum atomic E-state index is 0.263. The van der Waals surface area contributed by atoms with E-state index in [9.17, 15) is 0 Å². The molecule has 1 unspecified atom stereocenters. The van der Waals surface area contributed by atoms with E-state index in [1.807, 2.05) is 24.3 Å². The Morgan fingerprint density at radius 3 is 2.92 bits per heavy atom. The van der Waals surface area contributed by atoms with Gasteiger partial charge in [-0.3, -0.25) is 0 Å². The largest absolute Gasteiger partial charge is 0.385 e. The molecule has 1 nitrogen and oxygen atoms in total. The number of benzene rings is 1. The SMILES string of the molecule is [CH2]C(CCOC)c1cccc(Cl)c1. The van der Waals surface area contributed by atoms with Gasteiger partial charge in [-0.2, -0.15) is 0 Å². The Hall–Kier alpha value is -0.530. The molecule has 71 valence electrons. The van der Waals surface area contributed by atoms with Gasteiger partial charge in [0, 0.05) is 18.7 Å². The standard InChI is InChI=1S/C11H14ClO/c1-9(6-7-13-2)10-4-3-5-11(12)8-10/h3-5,8-9H,1,6-7H2,2H3. The summed E-state index contributed by atoms with van der Waals surface area (Å²) in [6.07, 6.45) is 0.927. The number of halogens is 1. The van der Waals surface area contributed by atoms with Gasteiger partial charge in [0.2, 0.25) is 0 Å². The Bertz CT molecular complexity index is 260. The van der Waals surface area contributed by atoms with E-state index in [0.29, 0.717) is 0 Å². The van der Waals surface area contributed by atoms with Crippen LogP contribution in [0, 0.1) is 6.92 Å². The summed E-state index contributed by atoms with van der Waals surface area (Å²) >= 11 is 5.86. The average Bonchev–Trinajstić information content (AvgIpc) is 2.14. The monoisotopic (exact) mass is 197 g/mol. The van der Waals surface area contributed by atoms with Crippen molar-refractivity contribution >= 4 is 11.6 Å². The lowest BCUT2D eigenvalue weighted by Crippen LogP contribution is -1.98. The van der Waals surface area contributed by atoms with Crippen molar-refractivity contribution in [3.8, 4) is 0 Å². The van der Waals surface area contributed by atoms with Crippen LogP contribution in [0.3, 0.4) is 0 Å². The van der Waals surface area contributed by atoms with Crippen LogP contribution in [0.25, 0.3) is 0 Å². The Labute approximate surface area is 84.7 Å². The van der Waals surface area contributed by atoms with Gasteiger partial charge in [0.25, 0.3) is 0 Å². The molecule has 1 rings (SSSR count). The Kier molecular flexibility index (Phi) is 4.26. The molecule has 1 aromatic carbocycles. The highest BCUT2D eigenvalue weighted by Crippen LogP contribution is 2.21. The van der Waals surface area contributed by atoms with Crippen LogP contribution in [0.4, 0.5) is 0 Å². The van der Waals surface area contributed by atoms with Gasteiger partial charge < -0.3 is 4.74 Å². The van der Waals surface area contributed by atoms with Crippen molar-refractivity contribution in [2.24, 2.45) is 0 Å². The predicted molar refractivity (Wildman–Crippen MR) is 56.0 cm³/mol. The summed E-state index contributed by atoms with van der Waals surface area (Å²) in [5, 5.41) is 0.767. The third kappa shape index (κ3) is 3.37. The van der Waals surface area contributed by atoms with Gasteiger partial charge >= 0.3 is 0 Å². The van der Waals surface area contributed by atoms with Crippen molar-refractivity contribution in [2.75, 3.05) is 13.7 Å². The molecular weight excluding hydrogens is 184 g/mol. The predicted octanol–water partition coefficient (Wildman–Crippen LogP) is 3.29. The van der Waals surface area contributed by atoms with Crippen LogP contribution in [-0.2, 0) is 4.74 Å². The smallest absolute Gasteiger partial charge is 0.0468 e. The van der Waals surface area contributed by atoms with Crippen LogP contribution < -0.4 is 0 Å². The average molecular weight is 198 g/mol. The normalized spacial score (nSPS) is 12.8. The van der Waals surface area contributed by atoms with Crippen molar-refractivity contribution < 1.29 is 4.74 Å². The number of hydrogen-bond acceptors (Lipinski definition) is 1. The fourth-order valence-electron chi connectivity index (χ4n) is 1.19. The maximum atomic E-state index is 5.86. The van der Waals surface area contributed by atoms with Gasteiger partial charge in [0.15, 0.2) is 0 Å². The molecule has 0 aliphatic rings. The van der Waals surface area contributed by atoms with Gasteiger partial charge in [-0.1, -0.05) is 23.7 Å². The molecule has 0 spiro atoms. The van der Waals surface area contributed by atoms with Gasteiger partial charge in [0.1, 0.15) is 0 Å². The Morgan fingerprint density at radius 1 is 1.54 bits per heavy atom. The van der Waals surface area contributed by atoms with Crippen molar-refractivity contribution in [3.05, 3.63) is 41.8 Å². The first-order valence-corrected chi connectivity index (χ1v) is 4.69. The van der Waals surface area contributed by atoms with Gasteiger partial charge in [0.05, 0.1) is 0 Å². The molecule has 1 atom stereocenters.